The number of hydrogen-bond acceptors (Lipinski definition) is 4. The lowest BCUT2D eigenvalue weighted by Gasteiger charge is -2.15. The van der Waals surface area contributed by atoms with Crippen LogP contribution in [0, 0.1) is 5.82 Å². The maximum atomic E-state index is 14.3. The molecule has 0 aliphatic carbocycles. The van der Waals surface area contributed by atoms with Gasteiger partial charge in [-0.1, -0.05) is 18.2 Å². The summed E-state index contributed by atoms with van der Waals surface area (Å²) in [4.78, 5) is 4.37. The number of benzene rings is 2. The number of halogens is 1. The fourth-order valence-electron chi connectivity index (χ4n) is 2.47. The quantitative estimate of drug-likeness (QED) is 0.922. The van der Waals surface area contributed by atoms with Gasteiger partial charge in [-0.25, -0.2) is 4.39 Å². The fourth-order valence-corrected chi connectivity index (χ4v) is 2.47. The molecule has 0 saturated carbocycles. The van der Waals surface area contributed by atoms with Gasteiger partial charge in [0.15, 0.2) is 11.6 Å². The Bertz CT molecular complexity index is 716. The Labute approximate surface area is 135 Å². The standard InChI is InChI=1S/C18H19FN2O2/c1-22-16-6-3-2-5-14(16)12-23-17-8-7-13(11-15(17)19)18-20-9-4-10-21-18/h2-3,5-8,11H,4,9-10,12H2,1H3,(H,20,21). The zero-order valence-corrected chi connectivity index (χ0v) is 13.0. The second-order valence-corrected chi connectivity index (χ2v) is 5.26. The summed E-state index contributed by atoms with van der Waals surface area (Å²) in [5.74, 6) is 1.29. The number of nitrogens with zero attached hydrogens (tertiary/aromatic N) is 1. The normalized spacial score (nSPS) is 13.9. The van der Waals surface area contributed by atoms with E-state index in [-0.39, 0.29) is 12.4 Å². The molecule has 1 aliphatic heterocycles. The van der Waals surface area contributed by atoms with E-state index in [0.717, 1.165) is 42.2 Å². The molecule has 0 aromatic heterocycles. The molecule has 4 nitrogen and oxygen atoms in total. The molecule has 0 amide bonds. The van der Waals surface area contributed by atoms with Crippen LogP contribution in [0.25, 0.3) is 0 Å². The van der Waals surface area contributed by atoms with Crippen LogP contribution in [0.4, 0.5) is 4.39 Å². The van der Waals surface area contributed by atoms with Crippen LogP contribution in [0.5, 0.6) is 11.5 Å². The van der Waals surface area contributed by atoms with Gasteiger partial charge in [-0.05, 0) is 30.7 Å². The molecule has 3 rings (SSSR count). The van der Waals surface area contributed by atoms with Crippen molar-refractivity contribution in [2.75, 3.05) is 20.2 Å². The summed E-state index contributed by atoms with van der Waals surface area (Å²) in [7, 11) is 1.60. The molecule has 2 aromatic rings. The molecule has 0 saturated heterocycles. The van der Waals surface area contributed by atoms with Crippen LogP contribution >= 0.6 is 0 Å². The minimum atomic E-state index is -0.396. The predicted octanol–water partition coefficient (Wildman–Crippen LogP) is 3.15. The Kier molecular flexibility index (Phi) is 4.76. The molecule has 0 fully saturated rings. The van der Waals surface area contributed by atoms with Crippen LogP contribution < -0.4 is 14.8 Å². The van der Waals surface area contributed by atoms with E-state index in [1.165, 1.54) is 6.07 Å². The molecule has 1 aliphatic rings. The lowest BCUT2D eigenvalue weighted by Crippen LogP contribution is -2.30. The molecule has 23 heavy (non-hydrogen) atoms. The summed E-state index contributed by atoms with van der Waals surface area (Å²) >= 11 is 0. The van der Waals surface area contributed by atoms with Crippen molar-refractivity contribution in [2.24, 2.45) is 4.99 Å². The van der Waals surface area contributed by atoms with Crippen LogP contribution in [0.15, 0.2) is 47.5 Å². The number of para-hydroxylation sites is 1. The van der Waals surface area contributed by atoms with E-state index in [1.807, 2.05) is 30.3 Å². The van der Waals surface area contributed by atoms with Crippen molar-refractivity contribution in [3.63, 3.8) is 0 Å². The van der Waals surface area contributed by atoms with Gasteiger partial charge in [0, 0.05) is 24.2 Å². The van der Waals surface area contributed by atoms with Gasteiger partial charge in [0.25, 0.3) is 0 Å². The summed E-state index contributed by atoms with van der Waals surface area (Å²) in [5.41, 5.74) is 1.61. The molecule has 120 valence electrons. The van der Waals surface area contributed by atoms with E-state index in [2.05, 4.69) is 10.3 Å². The molecule has 5 heteroatoms. The highest BCUT2D eigenvalue weighted by Crippen LogP contribution is 2.23. The largest absolute Gasteiger partial charge is 0.496 e. The molecule has 0 spiro atoms. The fraction of sp³-hybridized carbons (Fsp3) is 0.278. The summed E-state index contributed by atoms with van der Waals surface area (Å²) in [6.07, 6.45) is 1.01. The van der Waals surface area contributed by atoms with Crippen molar-refractivity contribution in [2.45, 2.75) is 13.0 Å². The van der Waals surface area contributed by atoms with Gasteiger partial charge in [0.05, 0.1) is 7.11 Å². The van der Waals surface area contributed by atoms with Crippen LogP contribution in [-0.2, 0) is 6.61 Å². The number of hydrogen-bond donors (Lipinski definition) is 1. The first-order chi connectivity index (χ1) is 11.3. The highest BCUT2D eigenvalue weighted by atomic mass is 19.1. The first kappa shape index (κ1) is 15.3. The third-order valence-corrected chi connectivity index (χ3v) is 3.68. The zero-order chi connectivity index (χ0) is 16.1. The first-order valence-corrected chi connectivity index (χ1v) is 7.61. The summed E-state index contributed by atoms with van der Waals surface area (Å²) in [6, 6.07) is 12.4. The molecular weight excluding hydrogens is 295 g/mol. The Morgan fingerprint density at radius 3 is 2.78 bits per heavy atom. The molecule has 2 aromatic carbocycles. The molecule has 1 N–H and O–H groups in total. The topological polar surface area (TPSA) is 42.9 Å². The average Bonchev–Trinajstić information content (AvgIpc) is 2.61. The smallest absolute Gasteiger partial charge is 0.165 e. The Morgan fingerprint density at radius 2 is 2.04 bits per heavy atom. The zero-order valence-electron chi connectivity index (χ0n) is 13.0. The van der Waals surface area contributed by atoms with Gasteiger partial charge in [0.2, 0.25) is 0 Å². The Hall–Kier alpha value is -2.56. The predicted molar refractivity (Wildman–Crippen MR) is 87.7 cm³/mol. The van der Waals surface area contributed by atoms with Crippen molar-refractivity contribution in [1.29, 1.82) is 0 Å². The highest BCUT2D eigenvalue weighted by molar-refractivity contribution is 5.99. The maximum absolute atomic E-state index is 14.3. The molecule has 0 unspecified atom stereocenters. The van der Waals surface area contributed by atoms with Gasteiger partial charge < -0.3 is 14.8 Å². The summed E-state index contributed by atoms with van der Waals surface area (Å²) < 4.78 is 25.1. The van der Waals surface area contributed by atoms with Crippen molar-refractivity contribution in [3.05, 3.63) is 59.4 Å². The van der Waals surface area contributed by atoms with Crippen molar-refractivity contribution >= 4 is 5.84 Å². The third kappa shape index (κ3) is 3.62. The van der Waals surface area contributed by atoms with Crippen molar-refractivity contribution in [1.82, 2.24) is 5.32 Å². The van der Waals surface area contributed by atoms with Gasteiger partial charge in [-0.2, -0.15) is 0 Å². The monoisotopic (exact) mass is 314 g/mol. The first-order valence-electron chi connectivity index (χ1n) is 7.61. The van der Waals surface area contributed by atoms with Crippen molar-refractivity contribution < 1.29 is 13.9 Å². The number of rotatable bonds is 5. The van der Waals surface area contributed by atoms with E-state index in [9.17, 15) is 4.39 Å². The van der Waals surface area contributed by atoms with Crippen LogP contribution in [0.2, 0.25) is 0 Å². The number of methoxy groups -OCH3 is 1. The van der Waals surface area contributed by atoms with Crippen molar-refractivity contribution in [3.8, 4) is 11.5 Å². The van der Waals surface area contributed by atoms with E-state index < -0.39 is 5.82 Å². The van der Waals surface area contributed by atoms with E-state index >= 15 is 0 Å². The molecule has 0 atom stereocenters. The Balaban J connectivity index is 1.72. The van der Waals surface area contributed by atoms with Crippen LogP contribution in [0.3, 0.4) is 0 Å². The molecular formula is C18H19FN2O2. The van der Waals surface area contributed by atoms with E-state index in [4.69, 9.17) is 9.47 Å². The summed E-state index contributed by atoms with van der Waals surface area (Å²) in [6.45, 7) is 1.89. The summed E-state index contributed by atoms with van der Waals surface area (Å²) in [5, 5.41) is 3.18. The minimum absolute atomic E-state index is 0.219. The average molecular weight is 314 g/mol. The Morgan fingerprint density at radius 1 is 1.17 bits per heavy atom. The maximum Gasteiger partial charge on any atom is 0.165 e. The second-order valence-electron chi connectivity index (χ2n) is 5.26. The lowest BCUT2D eigenvalue weighted by atomic mass is 10.1. The number of aliphatic imine (C=N–C) groups is 1. The van der Waals surface area contributed by atoms with E-state index in [0.29, 0.717) is 0 Å². The highest BCUT2D eigenvalue weighted by Gasteiger charge is 2.12. The number of nitrogens with one attached hydrogen (secondary N) is 1. The molecule has 0 bridgehead atoms. The van der Waals surface area contributed by atoms with Gasteiger partial charge >= 0.3 is 0 Å². The number of ether oxygens (including phenoxy) is 2. The van der Waals surface area contributed by atoms with E-state index in [1.54, 1.807) is 13.2 Å². The van der Waals surface area contributed by atoms with Crippen LogP contribution in [0.1, 0.15) is 17.5 Å². The molecule has 1 heterocycles. The molecule has 0 radical (unpaired) electrons. The van der Waals surface area contributed by atoms with Crippen LogP contribution in [-0.4, -0.2) is 26.0 Å². The minimum Gasteiger partial charge on any atom is -0.496 e. The van der Waals surface area contributed by atoms with Gasteiger partial charge in [-0.3, -0.25) is 4.99 Å². The van der Waals surface area contributed by atoms with Gasteiger partial charge in [-0.15, -0.1) is 0 Å². The third-order valence-electron chi connectivity index (χ3n) is 3.68. The van der Waals surface area contributed by atoms with Gasteiger partial charge in [0.1, 0.15) is 18.2 Å². The second kappa shape index (κ2) is 7.13. The lowest BCUT2D eigenvalue weighted by molar-refractivity contribution is 0.282. The SMILES string of the molecule is COc1ccccc1COc1ccc(C2=NCCCN2)cc1F. The number of amidine groups is 1.